The minimum Gasteiger partial charge on any atom is -0.387 e. The SMILES string of the molecule is CN(C(=O)c1cc2ccccc2[nH]1)[C@@H]1CCC(O)c2[nH]c(=O)c3cc(F)c(F)cc3c21. The summed E-state index contributed by atoms with van der Waals surface area (Å²) in [6.45, 7) is 0. The number of rotatable bonds is 2. The van der Waals surface area contributed by atoms with Crippen LogP contribution in [0.3, 0.4) is 0 Å². The van der Waals surface area contributed by atoms with Crippen LogP contribution in [0, 0.1) is 11.6 Å². The average molecular weight is 423 g/mol. The molecule has 1 amide bonds. The van der Waals surface area contributed by atoms with Crippen LogP contribution in [0.5, 0.6) is 0 Å². The standard InChI is InChI=1S/C23H19F2N3O3/c1-28(23(31)17-8-11-4-2-3-5-16(11)26-17)18-6-7-19(29)21-20(18)12-9-14(24)15(25)10-13(12)22(30)27-21/h2-5,8-10,18-19,26,29H,6-7H2,1H3,(H,27,30)/t18-,19?/m1/s1. The Morgan fingerprint density at radius 1 is 1.06 bits per heavy atom. The molecule has 2 heterocycles. The van der Waals surface area contributed by atoms with Gasteiger partial charge in [-0.05, 0) is 42.5 Å². The van der Waals surface area contributed by atoms with Crippen molar-refractivity contribution < 1.29 is 18.7 Å². The van der Waals surface area contributed by atoms with Gasteiger partial charge in [-0.2, -0.15) is 0 Å². The highest BCUT2D eigenvalue weighted by Gasteiger charge is 2.34. The van der Waals surface area contributed by atoms with Gasteiger partial charge >= 0.3 is 0 Å². The number of pyridine rings is 1. The van der Waals surface area contributed by atoms with Gasteiger partial charge in [0.15, 0.2) is 11.6 Å². The predicted octanol–water partition coefficient (Wildman–Crippen LogP) is 3.93. The number of carbonyl (C=O) groups is 1. The zero-order valence-corrected chi connectivity index (χ0v) is 16.6. The zero-order valence-electron chi connectivity index (χ0n) is 16.6. The van der Waals surface area contributed by atoms with Crippen molar-refractivity contribution in [1.82, 2.24) is 14.9 Å². The second kappa shape index (κ2) is 7.02. The molecule has 3 N–H and O–H groups in total. The summed E-state index contributed by atoms with van der Waals surface area (Å²) in [5.74, 6) is -2.51. The third kappa shape index (κ3) is 3.02. The predicted molar refractivity (Wildman–Crippen MR) is 112 cm³/mol. The molecule has 0 bridgehead atoms. The maximum absolute atomic E-state index is 14.1. The van der Waals surface area contributed by atoms with Crippen molar-refractivity contribution in [2.75, 3.05) is 7.05 Å². The second-order valence-corrected chi connectivity index (χ2v) is 7.89. The minimum absolute atomic E-state index is 0.0248. The Labute approximate surface area is 175 Å². The smallest absolute Gasteiger partial charge is 0.270 e. The van der Waals surface area contributed by atoms with Gasteiger partial charge in [0.25, 0.3) is 11.5 Å². The van der Waals surface area contributed by atoms with E-state index in [1.165, 1.54) is 4.90 Å². The summed E-state index contributed by atoms with van der Waals surface area (Å²) in [4.78, 5) is 32.9. The third-order valence-corrected chi connectivity index (χ3v) is 6.06. The first-order chi connectivity index (χ1) is 14.8. The number of carbonyl (C=O) groups excluding carboxylic acids is 1. The fourth-order valence-electron chi connectivity index (χ4n) is 4.49. The van der Waals surface area contributed by atoms with E-state index >= 15 is 0 Å². The summed E-state index contributed by atoms with van der Waals surface area (Å²) in [6, 6.07) is 10.5. The van der Waals surface area contributed by atoms with Crippen molar-refractivity contribution >= 4 is 27.6 Å². The molecule has 2 aromatic heterocycles. The zero-order chi connectivity index (χ0) is 21.9. The maximum Gasteiger partial charge on any atom is 0.270 e. The number of amides is 1. The molecule has 158 valence electrons. The molecule has 0 spiro atoms. The molecule has 0 fully saturated rings. The number of para-hydroxylation sites is 1. The summed E-state index contributed by atoms with van der Waals surface area (Å²) in [7, 11) is 1.62. The summed E-state index contributed by atoms with van der Waals surface area (Å²) < 4.78 is 27.9. The Kier molecular flexibility index (Phi) is 4.40. The van der Waals surface area contributed by atoms with E-state index in [1.54, 1.807) is 13.1 Å². The molecule has 5 rings (SSSR count). The number of fused-ring (bicyclic) bond motifs is 4. The summed E-state index contributed by atoms with van der Waals surface area (Å²) in [5.41, 5.74) is 1.26. The number of hydrogen-bond donors (Lipinski definition) is 3. The number of aromatic nitrogens is 2. The Balaban J connectivity index is 1.65. The molecule has 4 aromatic rings. The van der Waals surface area contributed by atoms with Gasteiger partial charge < -0.3 is 20.0 Å². The highest BCUT2D eigenvalue weighted by Crippen LogP contribution is 2.41. The van der Waals surface area contributed by atoms with Crippen LogP contribution in [0.2, 0.25) is 0 Å². The largest absolute Gasteiger partial charge is 0.387 e. The van der Waals surface area contributed by atoms with E-state index in [1.807, 2.05) is 24.3 Å². The van der Waals surface area contributed by atoms with Crippen molar-refractivity contribution in [2.24, 2.45) is 0 Å². The van der Waals surface area contributed by atoms with Crippen LogP contribution in [0.4, 0.5) is 8.78 Å². The Hall–Kier alpha value is -3.52. The van der Waals surface area contributed by atoms with E-state index in [0.717, 1.165) is 23.0 Å². The highest BCUT2D eigenvalue weighted by atomic mass is 19.2. The topological polar surface area (TPSA) is 89.2 Å². The lowest BCUT2D eigenvalue weighted by atomic mass is 9.85. The number of hydrogen-bond acceptors (Lipinski definition) is 3. The van der Waals surface area contributed by atoms with Crippen molar-refractivity contribution in [1.29, 1.82) is 0 Å². The number of benzene rings is 2. The van der Waals surface area contributed by atoms with Crippen molar-refractivity contribution in [2.45, 2.75) is 25.0 Å². The van der Waals surface area contributed by atoms with Crippen molar-refractivity contribution in [3.63, 3.8) is 0 Å². The number of nitrogens with zero attached hydrogens (tertiary/aromatic N) is 1. The number of aromatic amines is 2. The van der Waals surface area contributed by atoms with Gasteiger partial charge in [-0.1, -0.05) is 18.2 Å². The lowest BCUT2D eigenvalue weighted by Crippen LogP contribution is -2.35. The van der Waals surface area contributed by atoms with Crippen LogP contribution in [-0.4, -0.2) is 32.9 Å². The molecule has 2 atom stereocenters. The molecule has 0 aliphatic heterocycles. The summed E-state index contributed by atoms with van der Waals surface area (Å²) >= 11 is 0. The van der Waals surface area contributed by atoms with Crippen LogP contribution in [0.1, 0.15) is 46.7 Å². The lowest BCUT2D eigenvalue weighted by Gasteiger charge is -2.35. The van der Waals surface area contributed by atoms with Gasteiger partial charge in [0, 0.05) is 23.5 Å². The average Bonchev–Trinajstić information content (AvgIpc) is 3.19. The number of H-pyrrole nitrogens is 2. The molecule has 8 heteroatoms. The van der Waals surface area contributed by atoms with E-state index in [-0.39, 0.29) is 22.4 Å². The lowest BCUT2D eigenvalue weighted by molar-refractivity contribution is 0.0657. The van der Waals surface area contributed by atoms with Crippen molar-refractivity contribution in [3.8, 4) is 0 Å². The third-order valence-electron chi connectivity index (χ3n) is 6.06. The number of halogens is 2. The van der Waals surface area contributed by atoms with Crippen molar-refractivity contribution in [3.05, 3.63) is 81.4 Å². The molecule has 1 aliphatic rings. The molecular weight excluding hydrogens is 404 g/mol. The van der Waals surface area contributed by atoms with Crippen LogP contribution in [0.15, 0.2) is 47.3 Å². The van der Waals surface area contributed by atoms with Crippen LogP contribution < -0.4 is 5.56 Å². The van der Waals surface area contributed by atoms with E-state index in [2.05, 4.69) is 9.97 Å². The van der Waals surface area contributed by atoms with E-state index in [4.69, 9.17) is 0 Å². The quantitative estimate of drug-likeness (QED) is 0.456. The van der Waals surface area contributed by atoms with Gasteiger partial charge in [0.2, 0.25) is 0 Å². The van der Waals surface area contributed by atoms with E-state index in [9.17, 15) is 23.5 Å². The molecule has 0 saturated carbocycles. The van der Waals surface area contributed by atoms with Gasteiger partial charge in [-0.15, -0.1) is 0 Å². The summed E-state index contributed by atoms with van der Waals surface area (Å²) in [6.07, 6.45) is -0.253. The van der Waals surface area contributed by atoms with Gasteiger partial charge in [0.1, 0.15) is 5.69 Å². The van der Waals surface area contributed by atoms with Gasteiger partial charge in [-0.25, -0.2) is 8.78 Å². The minimum atomic E-state index is -1.13. The van der Waals surface area contributed by atoms with E-state index < -0.39 is 29.3 Å². The molecule has 0 saturated heterocycles. The fourth-order valence-corrected chi connectivity index (χ4v) is 4.49. The second-order valence-electron chi connectivity index (χ2n) is 7.89. The number of aliphatic hydroxyl groups is 1. The first-order valence-corrected chi connectivity index (χ1v) is 9.93. The Bertz CT molecular complexity index is 1380. The fraction of sp³-hybridized carbons (Fsp3) is 0.217. The first-order valence-electron chi connectivity index (χ1n) is 9.93. The first kappa shape index (κ1) is 19.4. The maximum atomic E-state index is 14.1. The van der Waals surface area contributed by atoms with Gasteiger partial charge in [0.05, 0.1) is 23.2 Å². The molecule has 6 nitrogen and oxygen atoms in total. The van der Waals surface area contributed by atoms with Crippen LogP contribution in [-0.2, 0) is 0 Å². The molecule has 1 aliphatic carbocycles. The molecule has 31 heavy (non-hydrogen) atoms. The monoisotopic (exact) mass is 423 g/mol. The molecular formula is C23H19F2N3O3. The summed E-state index contributed by atoms with van der Waals surface area (Å²) in [5, 5.41) is 11.5. The number of aliphatic hydroxyl groups excluding tert-OH is 1. The molecule has 1 unspecified atom stereocenters. The van der Waals surface area contributed by atoms with Gasteiger partial charge in [-0.3, -0.25) is 9.59 Å². The Morgan fingerprint density at radius 3 is 2.52 bits per heavy atom. The van der Waals surface area contributed by atoms with Crippen LogP contribution in [0.25, 0.3) is 21.7 Å². The number of nitrogens with one attached hydrogen (secondary N) is 2. The normalized spacial score (nSPS) is 18.3. The van der Waals surface area contributed by atoms with E-state index in [0.29, 0.717) is 24.1 Å². The van der Waals surface area contributed by atoms with Crippen LogP contribution >= 0.6 is 0 Å². The molecule has 2 aromatic carbocycles. The highest BCUT2D eigenvalue weighted by molar-refractivity contribution is 5.98. The molecule has 0 radical (unpaired) electrons. The Morgan fingerprint density at radius 2 is 1.77 bits per heavy atom.